The summed E-state index contributed by atoms with van der Waals surface area (Å²) < 4.78 is 16.2. The van der Waals surface area contributed by atoms with Crippen LogP contribution >= 0.6 is 11.3 Å². The maximum Gasteiger partial charge on any atom is 0.270 e. The largest absolute Gasteiger partial charge is 0.338 e. The first-order valence-electron chi connectivity index (χ1n) is 7.74. The van der Waals surface area contributed by atoms with Crippen molar-refractivity contribution in [1.29, 1.82) is 0 Å². The van der Waals surface area contributed by atoms with E-state index in [-0.39, 0.29) is 11.7 Å². The number of aromatic nitrogens is 1. The third kappa shape index (κ3) is 3.01. The zero-order valence-electron chi connectivity index (χ0n) is 13.3. The van der Waals surface area contributed by atoms with Crippen LogP contribution in [0.3, 0.4) is 0 Å². The fraction of sp³-hybridized carbons (Fsp3) is 0.278. The Balaban J connectivity index is 2.03. The molecule has 0 saturated heterocycles. The third-order valence-electron chi connectivity index (χ3n) is 4.05. The van der Waals surface area contributed by atoms with E-state index in [1.165, 1.54) is 12.1 Å². The summed E-state index contributed by atoms with van der Waals surface area (Å²) in [5, 5.41) is 2.03. The summed E-state index contributed by atoms with van der Waals surface area (Å²) in [6, 6.07) is 10.4. The number of carbonyl (C=O) groups is 1. The molecule has 0 spiro atoms. The van der Waals surface area contributed by atoms with Crippen LogP contribution in [-0.4, -0.2) is 28.5 Å². The van der Waals surface area contributed by atoms with E-state index in [1.54, 1.807) is 23.5 Å². The molecule has 0 aliphatic carbocycles. The number of benzene rings is 1. The van der Waals surface area contributed by atoms with Crippen LogP contribution in [0.15, 0.2) is 41.8 Å². The number of nitrogens with zero attached hydrogens (tertiary/aromatic N) is 2. The van der Waals surface area contributed by atoms with E-state index in [4.69, 9.17) is 0 Å². The first-order chi connectivity index (χ1) is 11.1. The summed E-state index contributed by atoms with van der Waals surface area (Å²) in [6.45, 7) is 5.90. The maximum absolute atomic E-state index is 13.1. The van der Waals surface area contributed by atoms with Crippen LogP contribution in [0, 0.1) is 5.82 Å². The molecule has 0 N–H and O–H groups in total. The Morgan fingerprint density at radius 1 is 1.17 bits per heavy atom. The van der Waals surface area contributed by atoms with Gasteiger partial charge in [0.15, 0.2) is 0 Å². The summed E-state index contributed by atoms with van der Waals surface area (Å²) in [5.41, 5.74) is 2.72. The van der Waals surface area contributed by atoms with E-state index in [0.717, 1.165) is 15.8 Å². The Bertz CT molecular complexity index is 815. The average molecular weight is 330 g/mol. The lowest BCUT2D eigenvalue weighted by molar-refractivity contribution is 0.0763. The topological polar surface area (TPSA) is 25.2 Å². The van der Waals surface area contributed by atoms with Gasteiger partial charge in [0.2, 0.25) is 0 Å². The molecule has 0 bridgehead atoms. The number of fused-ring (bicyclic) bond motifs is 1. The predicted octanol–water partition coefficient (Wildman–Crippen LogP) is 4.37. The molecule has 3 nitrogen and oxygen atoms in total. The van der Waals surface area contributed by atoms with Crippen LogP contribution in [0.5, 0.6) is 0 Å². The lowest BCUT2D eigenvalue weighted by Crippen LogP contribution is -2.32. The molecule has 0 saturated carbocycles. The van der Waals surface area contributed by atoms with Gasteiger partial charge in [-0.25, -0.2) is 4.39 Å². The van der Waals surface area contributed by atoms with Gasteiger partial charge in [-0.1, -0.05) is 12.1 Å². The molecule has 0 aliphatic heterocycles. The van der Waals surface area contributed by atoms with E-state index in [0.29, 0.717) is 25.3 Å². The first-order valence-corrected chi connectivity index (χ1v) is 8.62. The lowest BCUT2D eigenvalue weighted by Gasteiger charge is -2.20. The van der Waals surface area contributed by atoms with E-state index >= 15 is 0 Å². The van der Waals surface area contributed by atoms with Gasteiger partial charge in [-0.15, -0.1) is 11.3 Å². The highest BCUT2D eigenvalue weighted by molar-refractivity contribution is 7.17. The molecule has 2 heterocycles. The van der Waals surface area contributed by atoms with Gasteiger partial charge < -0.3 is 9.47 Å². The highest BCUT2D eigenvalue weighted by Crippen LogP contribution is 2.27. The molecule has 0 radical (unpaired) electrons. The van der Waals surface area contributed by atoms with E-state index in [9.17, 15) is 9.18 Å². The first kappa shape index (κ1) is 15.7. The Morgan fingerprint density at radius 3 is 2.52 bits per heavy atom. The predicted molar refractivity (Wildman–Crippen MR) is 92.6 cm³/mol. The highest BCUT2D eigenvalue weighted by Gasteiger charge is 2.20. The van der Waals surface area contributed by atoms with Crippen molar-refractivity contribution < 1.29 is 9.18 Å². The Kier molecular flexibility index (Phi) is 4.48. The summed E-state index contributed by atoms with van der Waals surface area (Å²) >= 11 is 1.63. The summed E-state index contributed by atoms with van der Waals surface area (Å²) in [6.07, 6.45) is 0. The van der Waals surface area contributed by atoms with Crippen LogP contribution in [0.1, 0.15) is 29.9 Å². The molecule has 0 unspecified atom stereocenters. The van der Waals surface area contributed by atoms with Gasteiger partial charge in [0, 0.05) is 19.6 Å². The molecule has 3 rings (SSSR count). The molecule has 0 aliphatic rings. The normalized spacial score (nSPS) is 11.1. The zero-order valence-corrected chi connectivity index (χ0v) is 14.1. The second-order valence-electron chi connectivity index (χ2n) is 5.39. The minimum Gasteiger partial charge on any atom is -0.338 e. The fourth-order valence-corrected chi connectivity index (χ4v) is 3.59. The monoisotopic (exact) mass is 330 g/mol. The molecule has 23 heavy (non-hydrogen) atoms. The van der Waals surface area contributed by atoms with E-state index in [1.807, 2.05) is 40.8 Å². The molecular weight excluding hydrogens is 311 g/mol. The van der Waals surface area contributed by atoms with Crippen LogP contribution in [0.25, 0.3) is 10.2 Å². The molecule has 1 amide bonds. The standard InChI is InChI=1S/C18H19FN2OS/c1-3-20(4-2)18(22)16-11-17-15(9-10-23-17)21(16)12-13-5-7-14(19)8-6-13/h5-11H,3-4,12H2,1-2H3. The minimum absolute atomic E-state index is 0.0421. The molecular formula is C18H19FN2OS. The summed E-state index contributed by atoms with van der Waals surface area (Å²) in [7, 11) is 0. The quantitative estimate of drug-likeness (QED) is 0.682. The van der Waals surface area contributed by atoms with Crippen LogP contribution < -0.4 is 0 Å². The number of hydrogen-bond donors (Lipinski definition) is 0. The number of carbonyl (C=O) groups excluding carboxylic acids is 1. The van der Waals surface area contributed by atoms with Gasteiger partial charge >= 0.3 is 0 Å². The van der Waals surface area contributed by atoms with Gasteiger partial charge in [-0.3, -0.25) is 4.79 Å². The second-order valence-corrected chi connectivity index (χ2v) is 6.34. The summed E-state index contributed by atoms with van der Waals surface area (Å²) in [5.74, 6) is -0.207. The minimum atomic E-state index is -0.249. The van der Waals surface area contributed by atoms with Crippen molar-refractivity contribution in [3.63, 3.8) is 0 Å². The van der Waals surface area contributed by atoms with Crippen LogP contribution in [-0.2, 0) is 6.54 Å². The van der Waals surface area contributed by atoms with Gasteiger partial charge in [-0.2, -0.15) is 0 Å². The molecule has 0 fully saturated rings. The Hall–Kier alpha value is -2.14. The summed E-state index contributed by atoms with van der Waals surface area (Å²) in [4.78, 5) is 14.6. The van der Waals surface area contributed by atoms with Crippen molar-refractivity contribution in [1.82, 2.24) is 9.47 Å². The molecule has 5 heteroatoms. The molecule has 0 atom stereocenters. The second kappa shape index (κ2) is 6.54. The Morgan fingerprint density at radius 2 is 1.87 bits per heavy atom. The van der Waals surface area contributed by atoms with E-state index in [2.05, 4.69) is 0 Å². The van der Waals surface area contributed by atoms with Crippen LogP contribution in [0.2, 0.25) is 0 Å². The van der Waals surface area contributed by atoms with Gasteiger partial charge in [0.1, 0.15) is 11.5 Å². The number of halogens is 1. The van der Waals surface area contributed by atoms with Crippen molar-refractivity contribution in [3.05, 3.63) is 58.9 Å². The number of hydrogen-bond acceptors (Lipinski definition) is 2. The highest BCUT2D eigenvalue weighted by atomic mass is 32.1. The Labute approximate surface area is 139 Å². The SMILES string of the molecule is CCN(CC)C(=O)c1cc2sccc2n1Cc1ccc(F)cc1. The molecule has 2 aromatic heterocycles. The van der Waals surface area contributed by atoms with Gasteiger partial charge in [0.05, 0.1) is 10.2 Å². The zero-order chi connectivity index (χ0) is 16.4. The maximum atomic E-state index is 13.1. The molecule has 1 aromatic carbocycles. The van der Waals surface area contributed by atoms with E-state index < -0.39 is 0 Å². The van der Waals surface area contributed by atoms with Crippen molar-refractivity contribution in [2.75, 3.05) is 13.1 Å². The number of thiophene rings is 1. The molecule has 120 valence electrons. The molecule has 3 aromatic rings. The number of rotatable bonds is 5. The van der Waals surface area contributed by atoms with Gasteiger partial charge in [0.25, 0.3) is 5.91 Å². The van der Waals surface area contributed by atoms with Gasteiger partial charge in [-0.05, 0) is 49.1 Å². The third-order valence-corrected chi connectivity index (χ3v) is 4.90. The van der Waals surface area contributed by atoms with Crippen molar-refractivity contribution in [2.45, 2.75) is 20.4 Å². The smallest absolute Gasteiger partial charge is 0.270 e. The van der Waals surface area contributed by atoms with Crippen molar-refractivity contribution >= 4 is 27.5 Å². The average Bonchev–Trinajstić information content (AvgIpc) is 3.13. The van der Waals surface area contributed by atoms with Crippen molar-refractivity contribution in [2.24, 2.45) is 0 Å². The van der Waals surface area contributed by atoms with Crippen molar-refractivity contribution in [3.8, 4) is 0 Å². The number of amides is 1. The fourth-order valence-electron chi connectivity index (χ4n) is 2.77. The van der Waals surface area contributed by atoms with Crippen LogP contribution in [0.4, 0.5) is 4.39 Å². The lowest BCUT2D eigenvalue weighted by atomic mass is 10.2.